The second kappa shape index (κ2) is 10.1. The lowest BCUT2D eigenvalue weighted by Gasteiger charge is -2.35. The van der Waals surface area contributed by atoms with Gasteiger partial charge in [-0.25, -0.2) is 9.28 Å². The minimum atomic E-state index is 0.0700. The van der Waals surface area contributed by atoms with Gasteiger partial charge in [0, 0.05) is 41.3 Å². The summed E-state index contributed by atoms with van der Waals surface area (Å²) in [4.78, 5) is 19.1. The Labute approximate surface area is 223 Å². The lowest BCUT2D eigenvalue weighted by Crippen LogP contribution is -2.53. The van der Waals surface area contributed by atoms with Crippen LogP contribution in [-0.2, 0) is 19.6 Å². The van der Waals surface area contributed by atoms with E-state index in [1.807, 2.05) is 67.7 Å². The maximum absolute atomic E-state index is 14.7. The highest BCUT2D eigenvalue weighted by Crippen LogP contribution is 2.38. The Morgan fingerprint density at radius 2 is 1.74 bits per heavy atom. The van der Waals surface area contributed by atoms with Crippen molar-refractivity contribution < 1.29 is 9.53 Å². The number of aromatic nitrogens is 2. The standard InChI is InChI=1S/C33H30N3O2/c1-2-38-32-14-6-4-12-30(32)26-15-17-27(18-16-26)33(37)36(23-25-9-7-19-34-21-25)24-29-11-8-20-35(29)22-28-10-3-5-13-31(28)36/h3-21H,2,22-24H2,1H3/q+1. The average Bonchev–Trinajstić information content (AvgIpc) is 3.34. The van der Waals surface area contributed by atoms with Crippen molar-refractivity contribution in [1.82, 2.24) is 14.0 Å². The van der Waals surface area contributed by atoms with Crippen LogP contribution in [0.1, 0.15) is 34.1 Å². The molecule has 1 atom stereocenters. The van der Waals surface area contributed by atoms with E-state index in [0.29, 0.717) is 25.3 Å². The lowest BCUT2D eigenvalue weighted by atomic mass is 10.0. The third-order valence-corrected chi connectivity index (χ3v) is 7.34. The van der Waals surface area contributed by atoms with E-state index >= 15 is 0 Å². The Kier molecular flexibility index (Phi) is 6.36. The topological polar surface area (TPSA) is 44.1 Å². The highest BCUT2D eigenvalue weighted by molar-refractivity contribution is 6.03. The molecule has 3 aromatic carbocycles. The van der Waals surface area contributed by atoms with Gasteiger partial charge in [-0.1, -0.05) is 54.6 Å². The molecule has 1 amide bonds. The van der Waals surface area contributed by atoms with Crippen molar-refractivity contribution in [2.75, 3.05) is 6.61 Å². The summed E-state index contributed by atoms with van der Waals surface area (Å²) in [6.45, 7) is 4.41. The van der Waals surface area contributed by atoms with Gasteiger partial charge < -0.3 is 9.30 Å². The summed E-state index contributed by atoms with van der Waals surface area (Å²) in [5, 5.41) is 0. The third-order valence-electron chi connectivity index (χ3n) is 7.34. The molecule has 0 bridgehead atoms. The van der Waals surface area contributed by atoms with Crippen LogP contribution in [0.3, 0.4) is 0 Å². The van der Waals surface area contributed by atoms with Gasteiger partial charge in [0.1, 0.15) is 24.5 Å². The summed E-state index contributed by atoms with van der Waals surface area (Å²) in [5.41, 5.74) is 7.08. The van der Waals surface area contributed by atoms with E-state index in [1.165, 1.54) is 0 Å². The zero-order valence-corrected chi connectivity index (χ0v) is 21.5. The number of ether oxygens (including phenoxy) is 1. The highest BCUT2D eigenvalue weighted by atomic mass is 16.5. The van der Waals surface area contributed by atoms with Crippen molar-refractivity contribution >= 4 is 11.6 Å². The molecule has 3 heterocycles. The van der Waals surface area contributed by atoms with Crippen LogP contribution in [0.2, 0.25) is 0 Å². The van der Waals surface area contributed by atoms with Crippen molar-refractivity contribution in [1.29, 1.82) is 0 Å². The molecule has 188 valence electrons. The first-order chi connectivity index (χ1) is 18.7. The molecule has 0 N–H and O–H groups in total. The number of hydrogen-bond donors (Lipinski definition) is 0. The molecular weight excluding hydrogens is 470 g/mol. The molecule has 1 aliphatic heterocycles. The van der Waals surface area contributed by atoms with Crippen LogP contribution in [0.15, 0.2) is 116 Å². The molecule has 0 radical (unpaired) electrons. The van der Waals surface area contributed by atoms with Crippen molar-refractivity contribution in [2.24, 2.45) is 0 Å². The molecule has 5 aromatic rings. The van der Waals surface area contributed by atoms with Crippen LogP contribution in [0.5, 0.6) is 5.75 Å². The van der Waals surface area contributed by atoms with Crippen LogP contribution in [0.4, 0.5) is 5.69 Å². The fourth-order valence-corrected chi connectivity index (χ4v) is 5.58. The quantitative estimate of drug-likeness (QED) is 0.239. The molecule has 5 nitrogen and oxygen atoms in total. The molecule has 2 aromatic heterocycles. The Bertz CT molecular complexity index is 1570. The number of quaternary nitrogens is 1. The molecule has 6 rings (SSSR count). The monoisotopic (exact) mass is 500 g/mol. The summed E-state index contributed by atoms with van der Waals surface area (Å²) in [6, 6.07) is 32.5. The number of nitrogens with zero attached hydrogens (tertiary/aromatic N) is 3. The van der Waals surface area contributed by atoms with Crippen LogP contribution in [0, 0.1) is 0 Å². The first kappa shape index (κ1) is 23.9. The fourth-order valence-electron chi connectivity index (χ4n) is 5.58. The second-order valence-corrected chi connectivity index (χ2v) is 9.71. The van der Waals surface area contributed by atoms with E-state index in [0.717, 1.165) is 45.9 Å². The number of benzene rings is 3. The van der Waals surface area contributed by atoms with Crippen LogP contribution in [-0.4, -0.2) is 22.1 Å². The smallest absolute Gasteiger partial charge is 0.351 e. The van der Waals surface area contributed by atoms with E-state index in [2.05, 4.69) is 58.2 Å². The minimum absolute atomic E-state index is 0.0700. The van der Waals surface area contributed by atoms with E-state index in [-0.39, 0.29) is 10.4 Å². The summed E-state index contributed by atoms with van der Waals surface area (Å²) < 4.78 is 8.27. The van der Waals surface area contributed by atoms with Crippen LogP contribution < -0.4 is 9.22 Å². The van der Waals surface area contributed by atoms with Gasteiger partial charge in [-0.2, -0.15) is 0 Å². The number of carbonyl (C=O) groups excluding carboxylic acids is 1. The molecule has 0 fully saturated rings. The molecule has 1 aliphatic rings. The summed E-state index contributed by atoms with van der Waals surface area (Å²) in [7, 11) is 0. The maximum Gasteiger partial charge on any atom is 0.351 e. The molecule has 1 unspecified atom stereocenters. The van der Waals surface area contributed by atoms with Gasteiger partial charge in [0.05, 0.1) is 24.4 Å². The number of pyridine rings is 1. The van der Waals surface area contributed by atoms with Crippen LogP contribution >= 0.6 is 0 Å². The van der Waals surface area contributed by atoms with Crippen molar-refractivity contribution in [3.8, 4) is 16.9 Å². The molecule has 5 heteroatoms. The first-order valence-corrected chi connectivity index (χ1v) is 13.0. The maximum atomic E-state index is 14.7. The van der Waals surface area contributed by atoms with E-state index in [1.54, 1.807) is 6.20 Å². The fraction of sp³-hybridized carbons (Fsp3) is 0.152. The number of para-hydroxylation sites is 2. The highest BCUT2D eigenvalue weighted by Gasteiger charge is 2.44. The van der Waals surface area contributed by atoms with Gasteiger partial charge in [0.25, 0.3) is 0 Å². The average molecular weight is 501 g/mol. The summed E-state index contributed by atoms with van der Waals surface area (Å²) >= 11 is 0. The minimum Gasteiger partial charge on any atom is -0.493 e. The Morgan fingerprint density at radius 3 is 2.55 bits per heavy atom. The van der Waals surface area contributed by atoms with E-state index in [9.17, 15) is 4.79 Å². The normalized spacial score (nSPS) is 16.2. The van der Waals surface area contributed by atoms with Gasteiger partial charge >= 0.3 is 5.91 Å². The van der Waals surface area contributed by atoms with Crippen molar-refractivity contribution in [2.45, 2.75) is 26.6 Å². The van der Waals surface area contributed by atoms with Gasteiger partial charge in [0.15, 0.2) is 0 Å². The molecule has 0 saturated carbocycles. The Balaban J connectivity index is 1.47. The SMILES string of the molecule is CCOc1ccccc1-c1ccc(C(=O)[N+]2(Cc3cccnc3)Cc3cccn3Cc3ccccc32)cc1. The van der Waals surface area contributed by atoms with Gasteiger partial charge in [-0.3, -0.25) is 4.98 Å². The summed E-state index contributed by atoms with van der Waals surface area (Å²) in [5.74, 6) is 0.914. The van der Waals surface area contributed by atoms with Gasteiger partial charge in [-0.05, 0) is 48.9 Å². The molecule has 0 saturated heterocycles. The molecule has 38 heavy (non-hydrogen) atoms. The van der Waals surface area contributed by atoms with E-state index < -0.39 is 0 Å². The summed E-state index contributed by atoms with van der Waals surface area (Å²) in [6.07, 6.45) is 5.74. The second-order valence-electron chi connectivity index (χ2n) is 9.71. The number of carbonyl (C=O) groups is 1. The Morgan fingerprint density at radius 1 is 0.921 bits per heavy atom. The molecular formula is C33H30N3O2+. The Hall–Kier alpha value is -4.48. The zero-order valence-electron chi connectivity index (χ0n) is 21.5. The zero-order chi connectivity index (χ0) is 26.0. The largest absolute Gasteiger partial charge is 0.493 e. The van der Waals surface area contributed by atoms with E-state index in [4.69, 9.17) is 4.74 Å². The third kappa shape index (κ3) is 4.31. The molecule has 0 aliphatic carbocycles. The number of fused-ring (bicyclic) bond motifs is 2. The van der Waals surface area contributed by atoms with Gasteiger partial charge in [-0.15, -0.1) is 0 Å². The van der Waals surface area contributed by atoms with Crippen molar-refractivity contribution in [3.05, 3.63) is 138 Å². The predicted octanol–water partition coefficient (Wildman–Crippen LogP) is 6.86. The number of rotatable bonds is 6. The lowest BCUT2D eigenvalue weighted by molar-refractivity contribution is 0.0736. The molecule has 0 spiro atoms. The van der Waals surface area contributed by atoms with Gasteiger partial charge in [0.2, 0.25) is 0 Å². The first-order valence-electron chi connectivity index (χ1n) is 13.0. The van der Waals surface area contributed by atoms with Crippen molar-refractivity contribution in [3.63, 3.8) is 0 Å². The predicted molar refractivity (Wildman–Crippen MR) is 151 cm³/mol. The number of amides is 1. The van der Waals surface area contributed by atoms with Crippen LogP contribution in [0.25, 0.3) is 11.1 Å². The number of hydrogen-bond acceptors (Lipinski definition) is 3.